The molecule has 1 aromatic heterocycles. The second-order valence-corrected chi connectivity index (χ2v) is 6.12. The van der Waals surface area contributed by atoms with Crippen LogP contribution in [-0.4, -0.2) is 28.8 Å². The molecule has 5 heteroatoms. The lowest BCUT2D eigenvalue weighted by molar-refractivity contribution is 0.242. The van der Waals surface area contributed by atoms with Gasteiger partial charge in [-0.15, -0.1) is 0 Å². The van der Waals surface area contributed by atoms with Gasteiger partial charge in [-0.25, -0.2) is 4.98 Å². The van der Waals surface area contributed by atoms with Crippen LogP contribution in [0.4, 0.5) is 0 Å². The molecule has 0 fully saturated rings. The summed E-state index contributed by atoms with van der Waals surface area (Å²) in [5, 5.41) is 0. The molecule has 2 N–H and O–H groups in total. The van der Waals surface area contributed by atoms with Gasteiger partial charge in [-0.05, 0) is 11.6 Å². The minimum Gasteiger partial charge on any atom is -0.491 e. The topological polar surface area (TPSA) is 62.3 Å². The van der Waals surface area contributed by atoms with Crippen molar-refractivity contribution >= 4 is 0 Å². The third kappa shape index (κ3) is 3.23. The van der Waals surface area contributed by atoms with E-state index in [1.54, 1.807) is 12.5 Å². The Labute approximate surface area is 147 Å². The molecular weight excluding hydrogens is 314 g/mol. The highest BCUT2D eigenvalue weighted by Gasteiger charge is 2.25. The Balaban J connectivity index is 1.59. The maximum Gasteiger partial charge on any atom is 0.131 e. The van der Waals surface area contributed by atoms with Gasteiger partial charge in [0.15, 0.2) is 0 Å². The number of hydrogen-bond donors (Lipinski definition) is 1. The van der Waals surface area contributed by atoms with E-state index in [-0.39, 0.29) is 6.10 Å². The molecule has 25 heavy (non-hydrogen) atoms. The van der Waals surface area contributed by atoms with Crippen molar-refractivity contribution in [3.05, 3.63) is 66.7 Å². The zero-order valence-corrected chi connectivity index (χ0v) is 14.0. The Morgan fingerprint density at radius 2 is 2.04 bits per heavy atom. The standard InChI is InChI=1S/C20H21N3O2/c21-13-16-12-15-4-3-6-18(20(15)25-16)17-5-1-2-7-19(17)24-11-10-23-9-8-22-14-23/h1-9,14,16H,10-13,21H2. The third-order valence-corrected chi connectivity index (χ3v) is 4.44. The molecule has 0 saturated carbocycles. The summed E-state index contributed by atoms with van der Waals surface area (Å²) < 4.78 is 14.1. The Bertz CT molecular complexity index is 846. The lowest BCUT2D eigenvalue weighted by atomic mass is 10.00. The van der Waals surface area contributed by atoms with Crippen molar-refractivity contribution in [2.45, 2.75) is 19.1 Å². The lowest BCUT2D eigenvalue weighted by Gasteiger charge is -2.15. The minimum absolute atomic E-state index is 0.0606. The number of fused-ring (bicyclic) bond motifs is 1. The fraction of sp³-hybridized carbons (Fsp3) is 0.250. The van der Waals surface area contributed by atoms with Gasteiger partial charge in [-0.3, -0.25) is 0 Å². The van der Waals surface area contributed by atoms with Gasteiger partial charge in [-0.2, -0.15) is 0 Å². The van der Waals surface area contributed by atoms with E-state index >= 15 is 0 Å². The number of aromatic nitrogens is 2. The van der Waals surface area contributed by atoms with Crippen molar-refractivity contribution in [3.63, 3.8) is 0 Å². The molecule has 2 heterocycles. The molecule has 3 aromatic rings. The molecule has 0 spiro atoms. The highest BCUT2D eigenvalue weighted by Crippen LogP contribution is 2.41. The second-order valence-electron chi connectivity index (χ2n) is 6.12. The first-order valence-electron chi connectivity index (χ1n) is 8.51. The smallest absolute Gasteiger partial charge is 0.131 e. The van der Waals surface area contributed by atoms with E-state index in [9.17, 15) is 0 Å². The summed E-state index contributed by atoms with van der Waals surface area (Å²) in [5.74, 6) is 1.79. The number of nitrogens with zero attached hydrogens (tertiary/aromatic N) is 2. The van der Waals surface area contributed by atoms with Crippen molar-refractivity contribution in [1.29, 1.82) is 0 Å². The number of hydrogen-bond acceptors (Lipinski definition) is 4. The SMILES string of the molecule is NCC1Cc2cccc(-c3ccccc3OCCn3ccnc3)c2O1. The summed E-state index contributed by atoms with van der Waals surface area (Å²) >= 11 is 0. The first-order chi connectivity index (χ1) is 12.3. The number of rotatable bonds is 6. The van der Waals surface area contributed by atoms with Gasteiger partial charge in [-0.1, -0.05) is 36.4 Å². The molecule has 1 aliphatic rings. The van der Waals surface area contributed by atoms with Crippen molar-refractivity contribution < 1.29 is 9.47 Å². The molecule has 0 saturated heterocycles. The number of nitrogens with two attached hydrogens (primary N) is 1. The quantitative estimate of drug-likeness (QED) is 0.752. The fourth-order valence-electron chi connectivity index (χ4n) is 3.18. The first-order valence-corrected chi connectivity index (χ1v) is 8.51. The maximum absolute atomic E-state index is 6.07. The van der Waals surface area contributed by atoms with Crippen LogP contribution in [0.2, 0.25) is 0 Å². The van der Waals surface area contributed by atoms with Crippen LogP contribution >= 0.6 is 0 Å². The summed E-state index contributed by atoms with van der Waals surface area (Å²) in [5.41, 5.74) is 9.10. The Hall–Kier alpha value is -2.79. The van der Waals surface area contributed by atoms with Crippen molar-refractivity contribution in [2.75, 3.05) is 13.2 Å². The van der Waals surface area contributed by atoms with Gasteiger partial charge in [0.2, 0.25) is 0 Å². The van der Waals surface area contributed by atoms with Gasteiger partial charge in [0.05, 0.1) is 12.9 Å². The van der Waals surface area contributed by atoms with Crippen molar-refractivity contribution in [3.8, 4) is 22.6 Å². The van der Waals surface area contributed by atoms with Crippen LogP contribution in [0.1, 0.15) is 5.56 Å². The van der Waals surface area contributed by atoms with Gasteiger partial charge >= 0.3 is 0 Å². The molecule has 4 rings (SSSR count). The van der Waals surface area contributed by atoms with E-state index in [1.165, 1.54) is 5.56 Å². The predicted molar refractivity (Wildman–Crippen MR) is 96.8 cm³/mol. The molecular formula is C20H21N3O2. The van der Waals surface area contributed by atoms with Crippen LogP contribution in [0.15, 0.2) is 61.2 Å². The largest absolute Gasteiger partial charge is 0.491 e. The average molecular weight is 335 g/mol. The van der Waals surface area contributed by atoms with Gasteiger partial charge in [0, 0.05) is 36.5 Å². The highest BCUT2D eigenvalue weighted by molar-refractivity contribution is 5.77. The normalized spacial score (nSPS) is 15.6. The number of para-hydroxylation sites is 2. The van der Waals surface area contributed by atoms with Crippen LogP contribution in [0.3, 0.4) is 0 Å². The maximum atomic E-state index is 6.07. The molecule has 2 aromatic carbocycles. The zero-order chi connectivity index (χ0) is 17.1. The van der Waals surface area contributed by atoms with Crippen LogP contribution in [0, 0.1) is 0 Å². The molecule has 0 radical (unpaired) electrons. The van der Waals surface area contributed by atoms with E-state index in [2.05, 4.69) is 29.2 Å². The minimum atomic E-state index is 0.0606. The van der Waals surface area contributed by atoms with Crippen LogP contribution < -0.4 is 15.2 Å². The summed E-state index contributed by atoms with van der Waals surface area (Å²) in [6.45, 7) is 1.86. The Morgan fingerprint density at radius 1 is 1.16 bits per heavy atom. The molecule has 1 atom stereocenters. The Kier molecular flexibility index (Phi) is 4.39. The number of imidazole rings is 1. The second kappa shape index (κ2) is 6.99. The molecule has 128 valence electrons. The summed E-state index contributed by atoms with van der Waals surface area (Å²) in [4.78, 5) is 4.05. The molecule has 1 unspecified atom stereocenters. The summed E-state index contributed by atoms with van der Waals surface area (Å²) in [6.07, 6.45) is 6.42. The summed E-state index contributed by atoms with van der Waals surface area (Å²) in [7, 11) is 0. The van der Waals surface area contributed by atoms with Crippen LogP contribution in [0.5, 0.6) is 11.5 Å². The number of benzene rings is 2. The van der Waals surface area contributed by atoms with E-state index in [4.69, 9.17) is 15.2 Å². The molecule has 5 nitrogen and oxygen atoms in total. The highest BCUT2D eigenvalue weighted by atomic mass is 16.5. The lowest BCUT2D eigenvalue weighted by Crippen LogP contribution is -2.24. The van der Waals surface area contributed by atoms with E-state index in [0.717, 1.165) is 35.6 Å². The average Bonchev–Trinajstić information content (AvgIpc) is 3.31. The van der Waals surface area contributed by atoms with Crippen LogP contribution in [0.25, 0.3) is 11.1 Å². The van der Waals surface area contributed by atoms with Crippen molar-refractivity contribution in [1.82, 2.24) is 9.55 Å². The fourth-order valence-corrected chi connectivity index (χ4v) is 3.18. The van der Waals surface area contributed by atoms with Crippen molar-refractivity contribution in [2.24, 2.45) is 5.73 Å². The molecule has 0 bridgehead atoms. The predicted octanol–water partition coefficient (Wildman–Crippen LogP) is 2.89. The number of ether oxygens (including phenoxy) is 2. The zero-order valence-electron chi connectivity index (χ0n) is 14.0. The van der Waals surface area contributed by atoms with E-state index in [0.29, 0.717) is 13.2 Å². The first kappa shape index (κ1) is 15.7. The third-order valence-electron chi connectivity index (χ3n) is 4.44. The monoisotopic (exact) mass is 335 g/mol. The van der Waals surface area contributed by atoms with Gasteiger partial charge < -0.3 is 19.8 Å². The molecule has 0 aliphatic carbocycles. The van der Waals surface area contributed by atoms with E-state index < -0.39 is 0 Å². The van der Waals surface area contributed by atoms with Crippen LogP contribution in [-0.2, 0) is 13.0 Å². The molecule has 0 amide bonds. The van der Waals surface area contributed by atoms with Gasteiger partial charge in [0.25, 0.3) is 0 Å². The molecule has 1 aliphatic heterocycles. The van der Waals surface area contributed by atoms with Gasteiger partial charge in [0.1, 0.15) is 24.2 Å². The Morgan fingerprint density at radius 3 is 2.88 bits per heavy atom. The summed E-state index contributed by atoms with van der Waals surface area (Å²) in [6, 6.07) is 14.3. The van der Waals surface area contributed by atoms with E-state index in [1.807, 2.05) is 29.0 Å².